The first kappa shape index (κ1) is 10.2. The molecule has 2 aliphatic carbocycles. The Morgan fingerprint density at radius 2 is 2.14 bits per heavy atom. The molecule has 2 saturated carbocycles. The van der Waals surface area contributed by atoms with Gasteiger partial charge in [0.25, 0.3) is 0 Å². The molecule has 4 atom stereocenters. The summed E-state index contributed by atoms with van der Waals surface area (Å²) >= 11 is 0. The van der Waals surface area contributed by atoms with Crippen LogP contribution in [-0.2, 0) is 4.79 Å². The molecule has 0 bridgehead atoms. The number of Topliss-reactive ketones (excluding diaryl/α,β-unsaturated/α-hetero) is 1. The van der Waals surface area contributed by atoms with Gasteiger partial charge < -0.3 is 5.11 Å². The highest BCUT2D eigenvalue weighted by Crippen LogP contribution is 2.52. The Labute approximate surface area is 85.7 Å². The lowest BCUT2D eigenvalue weighted by molar-refractivity contribution is -0.132. The summed E-state index contributed by atoms with van der Waals surface area (Å²) in [6.45, 7) is 4.41. The van der Waals surface area contributed by atoms with Crippen LogP contribution in [0.5, 0.6) is 0 Å². The lowest BCUT2D eigenvalue weighted by Gasteiger charge is -2.50. The van der Waals surface area contributed by atoms with Gasteiger partial charge in [-0.3, -0.25) is 4.79 Å². The van der Waals surface area contributed by atoms with E-state index >= 15 is 0 Å². The molecular weight excluding hydrogens is 176 g/mol. The SMILES string of the molecule is C[C@H]1[C@H](O)CC[C@@H]2CC(=O)CC[C@@]21C. The number of carbonyl (C=O) groups excluding carboxylic acids is 1. The summed E-state index contributed by atoms with van der Waals surface area (Å²) in [6.07, 6.45) is 4.24. The molecule has 0 amide bonds. The number of aliphatic hydroxyl groups excluding tert-OH is 1. The van der Waals surface area contributed by atoms with Crippen molar-refractivity contribution in [3.8, 4) is 0 Å². The third-order valence-corrected chi connectivity index (χ3v) is 4.78. The highest BCUT2D eigenvalue weighted by Gasteiger charge is 2.48. The van der Waals surface area contributed by atoms with Gasteiger partial charge in [-0.25, -0.2) is 0 Å². The van der Waals surface area contributed by atoms with E-state index in [9.17, 15) is 9.90 Å². The van der Waals surface area contributed by atoms with Gasteiger partial charge in [-0.1, -0.05) is 13.8 Å². The van der Waals surface area contributed by atoms with Crippen molar-refractivity contribution in [2.75, 3.05) is 0 Å². The Morgan fingerprint density at radius 1 is 1.43 bits per heavy atom. The lowest BCUT2D eigenvalue weighted by atomic mass is 9.55. The number of aliphatic hydroxyl groups is 1. The second-order valence-electron chi connectivity index (χ2n) is 5.38. The van der Waals surface area contributed by atoms with Gasteiger partial charge in [-0.2, -0.15) is 0 Å². The predicted octanol–water partition coefficient (Wildman–Crippen LogP) is 2.15. The number of rotatable bonds is 0. The molecule has 0 saturated heterocycles. The summed E-state index contributed by atoms with van der Waals surface area (Å²) in [5.74, 6) is 1.31. The summed E-state index contributed by atoms with van der Waals surface area (Å²) in [5.41, 5.74) is 0.214. The van der Waals surface area contributed by atoms with Gasteiger partial charge in [-0.05, 0) is 36.5 Å². The Morgan fingerprint density at radius 3 is 2.86 bits per heavy atom. The monoisotopic (exact) mass is 196 g/mol. The molecule has 14 heavy (non-hydrogen) atoms. The van der Waals surface area contributed by atoms with Crippen LogP contribution >= 0.6 is 0 Å². The van der Waals surface area contributed by atoms with Crippen molar-refractivity contribution in [2.24, 2.45) is 17.3 Å². The molecule has 2 aliphatic rings. The average Bonchev–Trinajstić information content (AvgIpc) is 2.16. The molecule has 0 aromatic rings. The average molecular weight is 196 g/mol. The van der Waals surface area contributed by atoms with Crippen LogP contribution in [0.4, 0.5) is 0 Å². The summed E-state index contributed by atoms with van der Waals surface area (Å²) in [5, 5.41) is 9.86. The molecule has 0 aromatic carbocycles. The molecular formula is C12H20O2. The number of hydrogen-bond acceptors (Lipinski definition) is 2. The largest absolute Gasteiger partial charge is 0.393 e. The van der Waals surface area contributed by atoms with Crippen molar-refractivity contribution in [1.29, 1.82) is 0 Å². The van der Waals surface area contributed by atoms with Crippen molar-refractivity contribution in [1.82, 2.24) is 0 Å². The van der Waals surface area contributed by atoms with Crippen LogP contribution in [0.25, 0.3) is 0 Å². The normalized spacial score (nSPS) is 48.8. The maximum Gasteiger partial charge on any atom is 0.133 e. The van der Waals surface area contributed by atoms with E-state index in [1.807, 2.05) is 0 Å². The molecule has 2 rings (SSSR count). The zero-order chi connectivity index (χ0) is 10.3. The second kappa shape index (κ2) is 3.34. The van der Waals surface area contributed by atoms with Gasteiger partial charge in [-0.15, -0.1) is 0 Å². The maximum atomic E-state index is 11.4. The minimum absolute atomic E-state index is 0.149. The first-order chi connectivity index (χ1) is 6.54. The van der Waals surface area contributed by atoms with Crippen molar-refractivity contribution in [3.63, 3.8) is 0 Å². The van der Waals surface area contributed by atoms with E-state index in [1.54, 1.807) is 0 Å². The third kappa shape index (κ3) is 1.40. The fraction of sp³-hybridized carbons (Fsp3) is 0.917. The zero-order valence-corrected chi connectivity index (χ0v) is 9.12. The fourth-order valence-corrected chi connectivity index (χ4v) is 3.32. The highest BCUT2D eigenvalue weighted by atomic mass is 16.3. The number of fused-ring (bicyclic) bond motifs is 1. The van der Waals surface area contributed by atoms with Gasteiger partial charge in [0.2, 0.25) is 0 Å². The van der Waals surface area contributed by atoms with Crippen molar-refractivity contribution >= 4 is 5.78 Å². The minimum atomic E-state index is -0.149. The van der Waals surface area contributed by atoms with Gasteiger partial charge in [0.05, 0.1) is 6.10 Å². The summed E-state index contributed by atoms with van der Waals surface area (Å²) in [4.78, 5) is 11.4. The molecule has 0 radical (unpaired) electrons. The molecule has 0 unspecified atom stereocenters. The van der Waals surface area contributed by atoms with Crippen molar-refractivity contribution < 1.29 is 9.90 Å². The lowest BCUT2D eigenvalue weighted by Crippen LogP contribution is -2.47. The van der Waals surface area contributed by atoms with Gasteiger partial charge in [0.15, 0.2) is 0 Å². The fourth-order valence-electron chi connectivity index (χ4n) is 3.32. The maximum absolute atomic E-state index is 11.4. The van der Waals surface area contributed by atoms with Gasteiger partial charge in [0.1, 0.15) is 5.78 Å². The van der Waals surface area contributed by atoms with E-state index in [-0.39, 0.29) is 11.5 Å². The zero-order valence-electron chi connectivity index (χ0n) is 9.12. The van der Waals surface area contributed by atoms with E-state index in [1.165, 1.54) is 0 Å². The van der Waals surface area contributed by atoms with Crippen LogP contribution in [0.15, 0.2) is 0 Å². The molecule has 0 heterocycles. The number of hydrogen-bond donors (Lipinski definition) is 1. The van der Waals surface area contributed by atoms with Gasteiger partial charge >= 0.3 is 0 Å². The topological polar surface area (TPSA) is 37.3 Å². The molecule has 0 aliphatic heterocycles. The molecule has 0 aromatic heterocycles. The third-order valence-electron chi connectivity index (χ3n) is 4.78. The summed E-state index contributed by atoms with van der Waals surface area (Å²) < 4.78 is 0. The smallest absolute Gasteiger partial charge is 0.133 e. The van der Waals surface area contributed by atoms with Crippen LogP contribution in [0.1, 0.15) is 46.0 Å². The van der Waals surface area contributed by atoms with E-state index in [4.69, 9.17) is 0 Å². The standard InChI is InChI=1S/C12H20O2/c1-8-11(14)4-3-9-7-10(13)5-6-12(8,9)2/h8-9,11,14H,3-7H2,1-2H3/t8-,9+,11+,12+/m0/s1. The highest BCUT2D eigenvalue weighted by molar-refractivity contribution is 5.79. The van der Waals surface area contributed by atoms with E-state index in [0.29, 0.717) is 17.6 Å². The Balaban J connectivity index is 2.20. The van der Waals surface area contributed by atoms with Crippen LogP contribution in [0.3, 0.4) is 0 Å². The second-order valence-corrected chi connectivity index (χ2v) is 5.38. The van der Waals surface area contributed by atoms with Gasteiger partial charge in [0, 0.05) is 12.8 Å². The molecule has 2 heteroatoms. The number of carbonyl (C=O) groups is 1. The minimum Gasteiger partial charge on any atom is -0.393 e. The first-order valence-electron chi connectivity index (χ1n) is 5.74. The van der Waals surface area contributed by atoms with Crippen LogP contribution in [0.2, 0.25) is 0 Å². The molecule has 0 spiro atoms. The first-order valence-corrected chi connectivity index (χ1v) is 5.74. The summed E-state index contributed by atoms with van der Waals surface area (Å²) in [6, 6.07) is 0. The number of ketones is 1. The Kier molecular flexibility index (Phi) is 2.42. The quantitative estimate of drug-likeness (QED) is 0.644. The van der Waals surface area contributed by atoms with E-state index in [0.717, 1.165) is 32.1 Å². The molecule has 1 N–H and O–H groups in total. The van der Waals surface area contributed by atoms with E-state index in [2.05, 4.69) is 13.8 Å². The van der Waals surface area contributed by atoms with Crippen LogP contribution < -0.4 is 0 Å². The van der Waals surface area contributed by atoms with Crippen LogP contribution in [-0.4, -0.2) is 17.0 Å². The van der Waals surface area contributed by atoms with Crippen molar-refractivity contribution in [2.45, 2.75) is 52.1 Å². The molecule has 2 nitrogen and oxygen atoms in total. The molecule has 2 fully saturated rings. The summed E-state index contributed by atoms with van der Waals surface area (Å²) in [7, 11) is 0. The predicted molar refractivity (Wildman–Crippen MR) is 54.9 cm³/mol. The van der Waals surface area contributed by atoms with E-state index < -0.39 is 0 Å². The molecule has 80 valence electrons. The van der Waals surface area contributed by atoms with Crippen molar-refractivity contribution in [3.05, 3.63) is 0 Å². The Bertz CT molecular complexity index is 249. The van der Waals surface area contributed by atoms with Crippen LogP contribution in [0, 0.1) is 17.3 Å². The Hall–Kier alpha value is -0.370.